The molecule has 2 aliphatic heterocycles. The first kappa shape index (κ1) is 20.1. The van der Waals surface area contributed by atoms with Gasteiger partial charge in [0.05, 0.1) is 18.9 Å². The Morgan fingerprint density at radius 2 is 1.91 bits per heavy atom. The fourth-order valence-electron chi connectivity index (χ4n) is 3.95. The van der Waals surface area contributed by atoms with Gasteiger partial charge in [-0.1, -0.05) is 0 Å². The number of hydrogen-bond acceptors (Lipinski definition) is 8. The molecule has 0 bridgehead atoms. The minimum absolute atomic E-state index is 0.471. The number of aldehydes is 1. The van der Waals surface area contributed by atoms with Crippen LogP contribution in [0.1, 0.15) is 23.0 Å². The number of aromatic nitrogens is 3. The molecule has 1 aromatic carbocycles. The first-order chi connectivity index (χ1) is 15.7. The van der Waals surface area contributed by atoms with E-state index in [4.69, 9.17) is 9.72 Å². The minimum Gasteiger partial charge on any atom is -0.378 e. The second kappa shape index (κ2) is 8.76. The molecule has 1 atom stereocenters. The van der Waals surface area contributed by atoms with Gasteiger partial charge >= 0.3 is 0 Å². The summed E-state index contributed by atoms with van der Waals surface area (Å²) < 4.78 is 5.44. The van der Waals surface area contributed by atoms with Crippen molar-refractivity contribution < 1.29 is 9.53 Å². The predicted molar refractivity (Wildman–Crippen MR) is 124 cm³/mol. The second-order valence-electron chi connectivity index (χ2n) is 7.76. The van der Waals surface area contributed by atoms with Crippen molar-refractivity contribution in [2.75, 3.05) is 36.5 Å². The monoisotopic (exact) mass is 428 g/mol. The molecule has 1 fully saturated rings. The van der Waals surface area contributed by atoms with Gasteiger partial charge in [0.15, 0.2) is 0 Å². The van der Waals surface area contributed by atoms with Crippen LogP contribution < -0.4 is 15.5 Å². The van der Waals surface area contributed by atoms with Gasteiger partial charge in [0, 0.05) is 48.0 Å². The maximum atomic E-state index is 11.8. The first-order valence-corrected chi connectivity index (χ1v) is 10.6. The maximum absolute atomic E-state index is 11.8. The summed E-state index contributed by atoms with van der Waals surface area (Å²) in [6, 6.07) is 9.73. The molecule has 2 aromatic heterocycles. The zero-order chi connectivity index (χ0) is 21.9. The fourth-order valence-corrected chi connectivity index (χ4v) is 3.95. The average molecular weight is 428 g/mol. The molecule has 3 aromatic rings. The molecule has 162 valence electrons. The van der Waals surface area contributed by atoms with Gasteiger partial charge < -0.3 is 25.1 Å². The SMILES string of the molecule is Cc1ncc(-c2cc3c(c(Nc4ccc(N5CCOCC5)cc4)n2)C(C=O)NC=C3)cn1. The van der Waals surface area contributed by atoms with Crippen LogP contribution in [0.5, 0.6) is 0 Å². The quantitative estimate of drug-likeness (QED) is 0.599. The van der Waals surface area contributed by atoms with Crippen LogP contribution in [-0.2, 0) is 9.53 Å². The number of rotatable bonds is 5. The van der Waals surface area contributed by atoms with Crippen LogP contribution in [0.3, 0.4) is 0 Å². The predicted octanol–water partition coefficient (Wildman–Crippen LogP) is 3.24. The van der Waals surface area contributed by atoms with Gasteiger partial charge in [-0.05, 0) is 55.1 Å². The van der Waals surface area contributed by atoms with Crippen molar-refractivity contribution in [2.45, 2.75) is 13.0 Å². The highest BCUT2D eigenvalue weighted by Crippen LogP contribution is 2.34. The van der Waals surface area contributed by atoms with E-state index >= 15 is 0 Å². The van der Waals surface area contributed by atoms with Gasteiger partial charge in [0.1, 0.15) is 24.0 Å². The van der Waals surface area contributed by atoms with Crippen LogP contribution in [0.2, 0.25) is 0 Å². The number of morpholine rings is 1. The summed E-state index contributed by atoms with van der Waals surface area (Å²) in [5.74, 6) is 1.33. The molecule has 0 spiro atoms. The van der Waals surface area contributed by atoms with Crippen LogP contribution >= 0.6 is 0 Å². The van der Waals surface area contributed by atoms with E-state index in [2.05, 4.69) is 37.6 Å². The number of nitrogens with zero attached hydrogens (tertiary/aromatic N) is 4. The number of aryl methyl sites for hydroxylation is 1. The number of carbonyl (C=O) groups is 1. The van der Waals surface area contributed by atoms with E-state index in [-0.39, 0.29) is 0 Å². The first-order valence-electron chi connectivity index (χ1n) is 10.6. The third-order valence-corrected chi connectivity index (χ3v) is 5.66. The number of nitrogens with one attached hydrogen (secondary N) is 2. The lowest BCUT2D eigenvalue weighted by Crippen LogP contribution is -2.36. The van der Waals surface area contributed by atoms with Crippen molar-refractivity contribution >= 4 is 29.6 Å². The number of pyridine rings is 1. The highest BCUT2D eigenvalue weighted by molar-refractivity contribution is 5.80. The van der Waals surface area contributed by atoms with Crippen LogP contribution in [0.25, 0.3) is 17.3 Å². The molecule has 0 saturated carbocycles. The van der Waals surface area contributed by atoms with Crippen LogP contribution in [-0.4, -0.2) is 47.5 Å². The van der Waals surface area contributed by atoms with Crippen molar-refractivity contribution in [1.29, 1.82) is 0 Å². The average Bonchev–Trinajstić information content (AvgIpc) is 2.85. The molecule has 0 amide bonds. The Bertz CT molecular complexity index is 1140. The molecule has 2 aliphatic rings. The van der Waals surface area contributed by atoms with E-state index in [9.17, 15) is 4.79 Å². The lowest BCUT2D eigenvalue weighted by atomic mass is 9.97. The number of benzene rings is 1. The van der Waals surface area contributed by atoms with Gasteiger partial charge in [0.2, 0.25) is 0 Å². The highest BCUT2D eigenvalue weighted by atomic mass is 16.5. The van der Waals surface area contributed by atoms with Crippen LogP contribution in [0, 0.1) is 6.92 Å². The molecular formula is C24H24N6O2. The summed E-state index contributed by atoms with van der Waals surface area (Å²) in [6.45, 7) is 5.13. The fraction of sp³-hybridized carbons (Fsp3) is 0.250. The molecule has 1 unspecified atom stereocenters. The summed E-state index contributed by atoms with van der Waals surface area (Å²) in [6.07, 6.45) is 8.16. The van der Waals surface area contributed by atoms with Crippen molar-refractivity contribution in [3.05, 3.63) is 65.9 Å². The molecule has 0 radical (unpaired) electrons. The van der Waals surface area contributed by atoms with Crippen molar-refractivity contribution in [2.24, 2.45) is 0 Å². The summed E-state index contributed by atoms with van der Waals surface area (Å²) in [4.78, 5) is 27.5. The molecular weight excluding hydrogens is 404 g/mol. The molecule has 4 heterocycles. The number of anilines is 3. The third-order valence-electron chi connectivity index (χ3n) is 5.66. The van der Waals surface area contributed by atoms with E-state index < -0.39 is 6.04 Å². The van der Waals surface area contributed by atoms with E-state index in [1.165, 1.54) is 0 Å². The van der Waals surface area contributed by atoms with Gasteiger partial charge in [-0.15, -0.1) is 0 Å². The van der Waals surface area contributed by atoms with Gasteiger partial charge in [-0.2, -0.15) is 0 Å². The molecule has 2 N–H and O–H groups in total. The Kier molecular flexibility index (Phi) is 5.51. The normalized spacial score (nSPS) is 17.4. The molecule has 0 aliphatic carbocycles. The molecule has 8 heteroatoms. The summed E-state index contributed by atoms with van der Waals surface area (Å²) >= 11 is 0. The number of fused-ring (bicyclic) bond motifs is 1. The summed E-state index contributed by atoms with van der Waals surface area (Å²) in [7, 11) is 0. The highest BCUT2D eigenvalue weighted by Gasteiger charge is 2.23. The third kappa shape index (κ3) is 4.04. The van der Waals surface area contributed by atoms with Crippen molar-refractivity contribution in [1.82, 2.24) is 20.3 Å². The van der Waals surface area contributed by atoms with E-state index in [0.717, 1.165) is 66.3 Å². The van der Waals surface area contributed by atoms with E-state index in [1.807, 2.05) is 31.2 Å². The molecule has 5 rings (SSSR count). The van der Waals surface area contributed by atoms with E-state index in [0.29, 0.717) is 11.6 Å². The number of carbonyl (C=O) groups excluding carboxylic acids is 1. The van der Waals surface area contributed by atoms with Crippen molar-refractivity contribution in [3.63, 3.8) is 0 Å². The second-order valence-corrected chi connectivity index (χ2v) is 7.76. The van der Waals surface area contributed by atoms with Gasteiger partial charge in [-0.3, -0.25) is 0 Å². The van der Waals surface area contributed by atoms with Gasteiger partial charge in [-0.25, -0.2) is 15.0 Å². The largest absolute Gasteiger partial charge is 0.378 e. The zero-order valence-corrected chi connectivity index (χ0v) is 17.8. The smallest absolute Gasteiger partial charge is 0.146 e. The van der Waals surface area contributed by atoms with Crippen LogP contribution in [0.15, 0.2) is 48.9 Å². The Hall–Kier alpha value is -3.78. The molecule has 1 saturated heterocycles. The van der Waals surface area contributed by atoms with Crippen LogP contribution in [0.4, 0.5) is 17.2 Å². The Morgan fingerprint density at radius 1 is 1.16 bits per heavy atom. The minimum atomic E-state index is -0.471. The number of ether oxygens (including phenoxy) is 1. The topological polar surface area (TPSA) is 92.3 Å². The lowest BCUT2D eigenvalue weighted by Gasteiger charge is -2.29. The summed E-state index contributed by atoms with van der Waals surface area (Å²) in [5, 5.41) is 6.52. The van der Waals surface area contributed by atoms with E-state index in [1.54, 1.807) is 18.6 Å². The van der Waals surface area contributed by atoms with Crippen molar-refractivity contribution in [3.8, 4) is 11.3 Å². The maximum Gasteiger partial charge on any atom is 0.146 e. The Labute approximate surface area is 186 Å². The Morgan fingerprint density at radius 3 is 2.62 bits per heavy atom. The lowest BCUT2D eigenvalue weighted by molar-refractivity contribution is -0.109. The Balaban J connectivity index is 1.50. The molecule has 32 heavy (non-hydrogen) atoms. The zero-order valence-electron chi connectivity index (χ0n) is 17.8. The summed E-state index contributed by atoms with van der Waals surface area (Å²) in [5.41, 5.74) is 5.37. The number of hydrogen-bond donors (Lipinski definition) is 2. The molecule has 8 nitrogen and oxygen atoms in total. The van der Waals surface area contributed by atoms with Gasteiger partial charge in [0.25, 0.3) is 0 Å². The standard InChI is InChI=1S/C24H24N6O2/c1-16-26-13-18(14-27-16)21-12-17-6-7-25-22(15-31)23(17)24(29-21)28-19-2-4-20(5-3-19)30-8-10-32-11-9-30/h2-7,12-15,22,25H,8-11H2,1H3,(H,28,29).